The maximum Gasteiger partial charge on any atom is 0.262 e. The Bertz CT molecular complexity index is 849. The van der Waals surface area contributed by atoms with Crippen LogP contribution < -0.4 is 14.2 Å². The number of rotatable bonds is 6. The van der Waals surface area contributed by atoms with E-state index in [1.54, 1.807) is 24.3 Å². The number of benzene rings is 2. The van der Waals surface area contributed by atoms with E-state index in [1.165, 1.54) is 23.9 Å². The van der Waals surface area contributed by atoms with Crippen LogP contribution in [0.3, 0.4) is 0 Å². The number of anilines is 1. The minimum absolute atomic E-state index is 0.135. The number of para-hydroxylation sites is 1. The SMILES string of the molecule is C=CCSc1ccccc1NS(=O)(=O)c1ccc2c(c1)OCCO2. The van der Waals surface area contributed by atoms with Gasteiger partial charge >= 0.3 is 0 Å². The molecule has 2 aromatic carbocycles. The molecular formula is C17H17NO4S2. The first kappa shape index (κ1) is 16.7. The van der Waals surface area contributed by atoms with E-state index < -0.39 is 10.0 Å². The number of hydrogen-bond donors (Lipinski definition) is 1. The van der Waals surface area contributed by atoms with Crippen LogP contribution in [-0.2, 0) is 10.0 Å². The molecule has 5 nitrogen and oxygen atoms in total. The third-order valence-electron chi connectivity index (χ3n) is 3.31. The highest BCUT2D eigenvalue weighted by Gasteiger charge is 2.20. The number of hydrogen-bond acceptors (Lipinski definition) is 5. The van der Waals surface area contributed by atoms with Crippen LogP contribution >= 0.6 is 11.8 Å². The van der Waals surface area contributed by atoms with Crippen LogP contribution in [0.5, 0.6) is 11.5 Å². The van der Waals surface area contributed by atoms with Crippen LogP contribution in [0.2, 0.25) is 0 Å². The van der Waals surface area contributed by atoms with Gasteiger partial charge in [0.2, 0.25) is 0 Å². The van der Waals surface area contributed by atoms with Gasteiger partial charge in [-0.05, 0) is 24.3 Å². The predicted molar refractivity (Wildman–Crippen MR) is 95.6 cm³/mol. The second-order valence-electron chi connectivity index (χ2n) is 5.01. The molecule has 0 fully saturated rings. The Hall–Kier alpha value is -2.12. The van der Waals surface area contributed by atoms with Crippen molar-refractivity contribution >= 4 is 27.5 Å². The maximum atomic E-state index is 12.7. The van der Waals surface area contributed by atoms with Gasteiger partial charge in [-0.25, -0.2) is 8.42 Å². The Kier molecular flexibility index (Phi) is 5.01. The van der Waals surface area contributed by atoms with Gasteiger partial charge in [-0.3, -0.25) is 4.72 Å². The van der Waals surface area contributed by atoms with Gasteiger partial charge < -0.3 is 9.47 Å². The van der Waals surface area contributed by atoms with Crippen molar-refractivity contribution in [3.05, 3.63) is 55.1 Å². The number of thioether (sulfide) groups is 1. The van der Waals surface area contributed by atoms with Crippen LogP contribution in [0.25, 0.3) is 0 Å². The molecule has 2 aromatic rings. The summed E-state index contributed by atoms with van der Waals surface area (Å²) in [5, 5.41) is 0. The van der Waals surface area contributed by atoms with E-state index in [4.69, 9.17) is 9.47 Å². The fraction of sp³-hybridized carbons (Fsp3) is 0.176. The van der Waals surface area contributed by atoms with Gasteiger partial charge in [-0.15, -0.1) is 18.3 Å². The lowest BCUT2D eigenvalue weighted by Gasteiger charge is -2.19. The normalized spacial score (nSPS) is 13.3. The Balaban J connectivity index is 1.88. The molecule has 1 heterocycles. The molecule has 0 spiro atoms. The van der Waals surface area contributed by atoms with Crippen molar-refractivity contribution in [3.63, 3.8) is 0 Å². The minimum atomic E-state index is -3.72. The lowest BCUT2D eigenvalue weighted by atomic mass is 10.3. The smallest absolute Gasteiger partial charge is 0.262 e. The van der Waals surface area contributed by atoms with Crippen LogP contribution in [0.15, 0.2) is 64.9 Å². The maximum absolute atomic E-state index is 12.7. The molecule has 0 saturated heterocycles. The second kappa shape index (κ2) is 7.19. The first-order valence-electron chi connectivity index (χ1n) is 7.35. The first-order chi connectivity index (χ1) is 11.6. The number of fused-ring (bicyclic) bond motifs is 1. The zero-order chi connectivity index (χ0) is 17.0. The van der Waals surface area contributed by atoms with E-state index >= 15 is 0 Å². The molecule has 0 aromatic heterocycles. The highest BCUT2D eigenvalue weighted by molar-refractivity contribution is 7.99. The first-order valence-corrected chi connectivity index (χ1v) is 9.82. The van der Waals surface area contributed by atoms with E-state index in [2.05, 4.69) is 11.3 Å². The monoisotopic (exact) mass is 363 g/mol. The van der Waals surface area contributed by atoms with Gasteiger partial charge in [0.25, 0.3) is 10.0 Å². The van der Waals surface area contributed by atoms with Crippen LogP contribution in [0, 0.1) is 0 Å². The van der Waals surface area contributed by atoms with Gasteiger partial charge in [0, 0.05) is 16.7 Å². The molecule has 24 heavy (non-hydrogen) atoms. The molecule has 7 heteroatoms. The summed E-state index contributed by atoms with van der Waals surface area (Å²) in [6.45, 7) is 4.55. The second-order valence-corrected chi connectivity index (χ2v) is 7.75. The van der Waals surface area contributed by atoms with E-state index in [1.807, 2.05) is 12.1 Å². The Morgan fingerprint density at radius 3 is 2.67 bits per heavy atom. The minimum Gasteiger partial charge on any atom is -0.486 e. The van der Waals surface area contributed by atoms with Crippen molar-refractivity contribution < 1.29 is 17.9 Å². The standard InChI is InChI=1S/C17H17NO4S2/c1-2-11-23-17-6-4-3-5-14(17)18-24(19,20)13-7-8-15-16(12-13)22-10-9-21-15/h2-8,12,18H,1,9-11H2. The summed E-state index contributed by atoms with van der Waals surface area (Å²) >= 11 is 1.52. The summed E-state index contributed by atoms with van der Waals surface area (Å²) in [5.41, 5.74) is 0.541. The quantitative estimate of drug-likeness (QED) is 0.628. The van der Waals surface area contributed by atoms with E-state index in [0.29, 0.717) is 36.2 Å². The van der Waals surface area contributed by atoms with E-state index in [9.17, 15) is 8.42 Å². The van der Waals surface area contributed by atoms with Crippen LogP contribution in [0.1, 0.15) is 0 Å². The van der Waals surface area contributed by atoms with Crippen LogP contribution in [-0.4, -0.2) is 27.4 Å². The van der Waals surface area contributed by atoms with Gasteiger partial charge in [0.15, 0.2) is 11.5 Å². The van der Waals surface area contributed by atoms with Crippen molar-refractivity contribution in [3.8, 4) is 11.5 Å². The largest absolute Gasteiger partial charge is 0.486 e. The zero-order valence-electron chi connectivity index (χ0n) is 12.9. The lowest BCUT2D eigenvalue weighted by molar-refractivity contribution is 0.171. The molecule has 0 saturated carbocycles. The van der Waals surface area contributed by atoms with E-state index in [0.717, 1.165) is 4.90 Å². The van der Waals surface area contributed by atoms with Crippen LogP contribution in [0.4, 0.5) is 5.69 Å². The Morgan fingerprint density at radius 2 is 1.88 bits per heavy atom. The Labute approximate surface area is 145 Å². The molecule has 1 aliphatic heterocycles. The average Bonchev–Trinajstić information content (AvgIpc) is 2.60. The average molecular weight is 363 g/mol. The van der Waals surface area contributed by atoms with Gasteiger partial charge in [-0.1, -0.05) is 18.2 Å². The summed E-state index contributed by atoms with van der Waals surface area (Å²) in [6.07, 6.45) is 1.77. The Morgan fingerprint density at radius 1 is 1.12 bits per heavy atom. The van der Waals surface area contributed by atoms with Crippen molar-refractivity contribution in [1.29, 1.82) is 0 Å². The van der Waals surface area contributed by atoms with Gasteiger partial charge in [0.1, 0.15) is 13.2 Å². The third-order valence-corrected chi connectivity index (χ3v) is 5.74. The number of nitrogens with one attached hydrogen (secondary N) is 1. The molecule has 0 unspecified atom stereocenters. The summed E-state index contributed by atoms with van der Waals surface area (Å²) < 4.78 is 38.9. The number of ether oxygens (including phenoxy) is 2. The molecule has 0 atom stereocenters. The lowest BCUT2D eigenvalue weighted by Crippen LogP contribution is -2.17. The van der Waals surface area contributed by atoms with Gasteiger partial charge in [0.05, 0.1) is 10.6 Å². The molecule has 0 amide bonds. The highest BCUT2D eigenvalue weighted by atomic mass is 32.2. The molecule has 1 N–H and O–H groups in total. The molecule has 3 rings (SSSR count). The molecule has 1 aliphatic rings. The summed E-state index contributed by atoms with van der Waals surface area (Å²) in [7, 11) is -3.72. The van der Waals surface area contributed by atoms with E-state index in [-0.39, 0.29) is 4.90 Å². The summed E-state index contributed by atoms with van der Waals surface area (Å²) in [4.78, 5) is 0.980. The summed E-state index contributed by atoms with van der Waals surface area (Å²) in [6, 6.07) is 11.9. The molecule has 0 radical (unpaired) electrons. The third kappa shape index (κ3) is 3.68. The molecule has 126 valence electrons. The molecule has 0 aliphatic carbocycles. The van der Waals surface area contributed by atoms with Crippen molar-refractivity contribution in [1.82, 2.24) is 0 Å². The predicted octanol–water partition coefficient (Wildman–Crippen LogP) is 3.54. The molecule has 0 bridgehead atoms. The highest BCUT2D eigenvalue weighted by Crippen LogP contribution is 2.34. The fourth-order valence-electron chi connectivity index (χ4n) is 2.22. The topological polar surface area (TPSA) is 64.6 Å². The molecular weight excluding hydrogens is 346 g/mol. The zero-order valence-corrected chi connectivity index (χ0v) is 14.5. The van der Waals surface area contributed by atoms with Gasteiger partial charge in [-0.2, -0.15) is 0 Å². The summed E-state index contributed by atoms with van der Waals surface area (Å²) in [5.74, 6) is 1.70. The van der Waals surface area contributed by atoms with Crippen molar-refractivity contribution in [2.45, 2.75) is 9.79 Å². The number of sulfonamides is 1. The van der Waals surface area contributed by atoms with Crippen molar-refractivity contribution in [2.75, 3.05) is 23.7 Å². The fourth-order valence-corrected chi connectivity index (χ4v) is 4.13. The van der Waals surface area contributed by atoms with Crippen molar-refractivity contribution in [2.24, 2.45) is 0 Å².